The van der Waals surface area contributed by atoms with Crippen LogP contribution < -0.4 is 0 Å². The van der Waals surface area contributed by atoms with Gasteiger partial charge in [-0.15, -0.1) is 11.8 Å². The van der Waals surface area contributed by atoms with Crippen LogP contribution in [-0.4, -0.2) is 21.7 Å². The number of thioether (sulfide) groups is 1. The number of benzene rings is 1. The van der Waals surface area contributed by atoms with E-state index in [2.05, 4.69) is 0 Å². The topological polar surface area (TPSA) is 57.5 Å². The monoisotopic (exact) mass is 196 g/mol. The first-order valence-corrected chi connectivity index (χ1v) is 4.89. The summed E-state index contributed by atoms with van der Waals surface area (Å²) in [6, 6.07) is 2.77. The van der Waals surface area contributed by atoms with Gasteiger partial charge in [0.25, 0.3) is 0 Å². The molecule has 1 aliphatic rings. The second kappa shape index (κ2) is 2.96. The second-order valence-electron chi connectivity index (χ2n) is 2.86. The average Bonchev–Trinajstić information content (AvgIpc) is 2.09. The van der Waals surface area contributed by atoms with E-state index in [9.17, 15) is 15.0 Å². The van der Waals surface area contributed by atoms with Crippen molar-refractivity contribution < 1.29 is 15.0 Å². The lowest BCUT2D eigenvalue weighted by Gasteiger charge is -2.14. The molecule has 1 heterocycles. The number of aromatic hydroxyl groups is 2. The summed E-state index contributed by atoms with van der Waals surface area (Å²) >= 11 is 1.52. The number of fused-ring (bicyclic) bond motifs is 1. The summed E-state index contributed by atoms with van der Waals surface area (Å²) in [4.78, 5) is 12.1. The minimum Gasteiger partial charge on any atom is -0.504 e. The quantitative estimate of drug-likeness (QED) is 0.621. The molecule has 2 rings (SSSR count). The number of Topliss-reactive ketones (excluding diaryl/α,β-unsaturated/α-hetero) is 1. The van der Waals surface area contributed by atoms with Gasteiger partial charge in [0.15, 0.2) is 17.3 Å². The largest absolute Gasteiger partial charge is 0.504 e. The number of phenols is 2. The maximum atomic E-state index is 11.3. The van der Waals surface area contributed by atoms with Gasteiger partial charge in [0.2, 0.25) is 0 Å². The zero-order valence-corrected chi connectivity index (χ0v) is 7.60. The number of ketones is 1. The van der Waals surface area contributed by atoms with E-state index in [4.69, 9.17) is 0 Å². The van der Waals surface area contributed by atoms with Gasteiger partial charge in [0.1, 0.15) is 0 Å². The molecule has 0 aliphatic carbocycles. The molecule has 0 atom stereocenters. The molecule has 0 bridgehead atoms. The molecular weight excluding hydrogens is 188 g/mol. The van der Waals surface area contributed by atoms with E-state index < -0.39 is 0 Å². The predicted octanol–water partition coefficient (Wildman–Crippen LogP) is 1.78. The molecule has 3 nitrogen and oxygen atoms in total. The van der Waals surface area contributed by atoms with Crippen LogP contribution in [0.3, 0.4) is 0 Å². The van der Waals surface area contributed by atoms with Crippen molar-refractivity contribution in [2.24, 2.45) is 0 Å². The van der Waals surface area contributed by atoms with Gasteiger partial charge in [-0.25, -0.2) is 0 Å². The third-order valence-electron chi connectivity index (χ3n) is 1.96. The van der Waals surface area contributed by atoms with Crippen LogP contribution in [0.25, 0.3) is 0 Å². The normalized spacial score (nSPS) is 15.5. The van der Waals surface area contributed by atoms with Crippen molar-refractivity contribution in [3.8, 4) is 11.5 Å². The van der Waals surface area contributed by atoms with E-state index >= 15 is 0 Å². The number of phenolic OH excluding ortho intramolecular Hbond substituents is 2. The van der Waals surface area contributed by atoms with Crippen LogP contribution in [0.1, 0.15) is 16.8 Å². The molecule has 0 saturated heterocycles. The first kappa shape index (κ1) is 8.44. The highest BCUT2D eigenvalue weighted by Crippen LogP contribution is 2.37. The fourth-order valence-electron chi connectivity index (χ4n) is 1.28. The van der Waals surface area contributed by atoms with E-state index in [0.29, 0.717) is 12.0 Å². The van der Waals surface area contributed by atoms with Crippen LogP contribution in [0.2, 0.25) is 0 Å². The van der Waals surface area contributed by atoms with Crippen LogP contribution in [0.15, 0.2) is 17.0 Å². The summed E-state index contributed by atoms with van der Waals surface area (Å²) in [5.74, 6) is 0.385. The predicted molar refractivity (Wildman–Crippen MR) is 49.4 cm³/mol. The lowest BCUT2D eigenvalue weighted by Crippen LogP contribution is -2.07. The van der Waals surface area contributed by atoms with Gasteiger partial charge in [-0.05, 0) is 12.1 Å². The molecule has 1 aromatic carbocycles. The Morgan fingerprint density at radius 3 is 2.69 bits per heavy atom. The fraction of sp³-hybridized carbons (Fsp3) is 0.222. The Labute approximate surface area is 79.4 Å². The van der Waals surface area contributed by atoms with Gasteiger partial charge in [-0.3, -0.25) is 4.79 Å². The smallest absolute Gasteiger partial charge is 0.164 e. The first-order valence-electron chi connectivity index (χ1n) is 3.90. The Hall–Kier alpha value is -1.16. The molecule has 0 unspecified atom stereocenters. The molecule has 1 aliphatic heterocycles. The van der Waals surface area contributed by atoms with Crippen LogP contribution in [-0.2, 0) is 0 Å². The van der Waals surface area contributed by atoms with Crippen molar-refractivity contribution in [2.45, 2.75) is 11.3 Å². The molecule has 0 amide bonds. The van der Waals surface area contributed by atoms with Crippen LogP contribution in [0.5, 0.6) is 11.5 Å². The number of rotatable bonds is 0. The maximum Gasteiger partial charge on any atom is 0.164 e. The average molecular weight is 196 g/mol. The first-order chi connectivity index (χ1) is 6.18. The van der Waals surface area contributed by atoms with Gasteiger partial charge < -0.3 is 10.2 Å². The SMILES string of the molecule is O=C1CCSc2cc(O)c(O)cc21. The lowest BCUT2D eigenvalue weighted by atomic mass is 10.1. The van der Waals surface area contributed by atoms with Crippen molar-refractivity contribution >= 4 is 17.5 Å². The van der Waals surface area contributed by atoms with Crippen molar-refractivity contribution in [1.29, 1.82) is 0 Å². The highest BCUT2D eigenvalue weighted by Gasteiger charge is 2.19. The zero-order chi connectivity index (χ0) is 9.42. The highest BCUT2D eigenvalue weighted by atomic mass is 32.2. The molecule has 0 radical (unpaired) electrons. The third kappa shape index (κ3) is 1.37. The summed E-state index contributed by atoms with van der Waals surface area (Å²) in [5.41, 5.74) is 0.520. The van der Waals surface area contributed by atoms with E-state index in [0.717, 1.165) is 10.6 Å². The van der Waals surface area contributed by atoms with Crippen LogP contribution >= 0.6 is 11.8 Å². The highest BCUT2D eigenvalue weighted by molar-refractivity contribution is 7.99. The number of hydrogen-bond donors (Lipinski definition) is 2. The van der Waals surface area contributed by atoms with Crippen molar-refractivity contribution in [2.75, 3.05) is 5.75 Å². The molecule has 0 saturated carbocycles. The van der Waals surface area contributed by atoms with E-state index in [-0.39, 0.29) is 17.3 Å². The van der Waals surface area contributed by atoms with Crippen molar-refractivity contribution in [1.82, 2.24) is 0 Å². The maximum absolute atomic E-state index is 11.3. The summed E-state index contributed by atoms with van der Waals surface area (Å²) < 4.78 is 0. The van der Waals surface area contributed by atoms with E-state index in [1.165, 1.54) is 23.9 Å². The number of carbonyl (C=O) groups excluding carboxylic acids is 1. The lowest BCUT2D eigenvalue weighted by molar-refractivity contribution is 0.0984. The molecule has 0 fully saturated rings. The summed E-state index contributed by atoms with van der Waals surface area (Å²) in [7, 11) is 0. The van der Waals surface area contributed by atoms with E-state index in [1.54, 1.807) is 0 Å². The van der Waals surface area contributed by atoms with Gasteiger partial charge in [-0.2, -0.15) is 0 Å². The molecule has 13 heavy (non-hydrogen) atoms. The summed E-state index contributed by atoms with van der Waals surface area (Å²) in [6.07, 6.45) is 0.502. The second-order valence-corrected chi connectivity index (χ2v) is 4.00. The molecular formula is C9H8O3S. The van der Waals surface area contributed by atoms with Gasteiger partial charge in [-0.1, -0.05) is 0 Å². The third-order valence-corrected chi connectivity index (χ3v) is 3.02. The summed E-state index contributed by atoms with van der Waals surface area (Å²) in [5, 5.41) is 18.4. The van der Waals surface area contributed by atoms with Crippen LogP contribution in [0, 0.1) is 0 Å². The summed E-state index contributed by atoms with van der Waals surface area (Å²) in [6.45, 7) is 0. The molecule has 0 aromatic heterocycles. The van der Waals surface area contributed by atoms with E-state index in [1.807, 2.05) is 0 Å². The molecule has 4 heteroatoms. The number of carbonyl (C=O) groups is 1. The Morgan fingerprint density at radius 2 is 1.92 bits per heavy atom. The Balaban J connectivity index is 2.58. The fourth-order valence-corrected chi connectivity index (χ4v) is 2.31. The Kier molecular flexibility index (Phi) is 1.92. The van der Waals surface area contributed by atoms with Gasteiger partial charge in [0.05, 0.1) is 0 Å². The molecule has 1 aromatic rings. The van der Waals surface area contributed by atoms with Gasteiger partial charge in [0, 0.05) is 22.6 Å². The Bertz CT molecular complexity index is 373. The molecule has 0 spiro atoms. The number of hydrogen-bond acceptors (Lipinski definition) is 4. The van der Waals surface area contributed by atoms with Crippen molar-refractivity contribution in [3.05, 3.63) is 17.7 Å². The zero-order valence-electron chi connectivity index (χ0n) is 6.78. The standard InChI is InChI=1S/C9H8O3S/c10-6-1-2-13-9-4-8(12)7(11)3-5(6)9/h3-4,11-12H,1-2H2. The molecule has 68 valence electrons. The molecule has 2 N–H and O–H groups in total. The minimum absolute atomic E-state index is 0.0315. The van der Waals surface area contributed by atoms with Gasteiger partial charge >= 0.3 is 0 Å². The minimum atomic E-state index is -0.227. The van der Waals surface area contributed by atoms with Crippen molar-refractivity contribution in [3.63, 3.8) is 0 Å². The Morgan fingerprint density at radius 1 is 1.23 bits per heavy atom. The van der Waals surface area contributed by atoms with Crippen LogP contribution in [0.4, 0.5) is 0 Å².